The number of ether oxygens (including phenoxy) is 1. The molecule has 1 saturated heterocycles. The Balaban J connectivity index is 1.70. The van der Waals surface area contributed by atoms with E-state index in [9.17, 15) is 4.79 Å². The first-order valence-corrected chi connectivity index (χ1v) is 9.45. The van der Waals surface area contributed by atoms with Crippen molar-refractivity contribution >= 4 is 17.7 Å². The van der Waals surface area contributed by atoms with Crippen molar-refractivity contribution < 1.29 is 9.53 Å². The molecule has 0 saturated carbocycles. The number of aromatic nitrogens is 4. The van der Waals surface area contributed by atoms with E-state index < -0.39 is 0 Å². The molecule has 1 fully saturated rings. The Morgan fingerprint density at radius 3 is 2.80 bits per heavy atom. The number of amides is 1. The van der Waals surface area contributed by atoms with Gasteiger partial charge in [-0.05, 0) is 55.7 Å². The average Bonchev–Trinajstić information content (AvgIpc) is 3.08. The number of rotatable bonds is 5. The van der Waals surface area contributed by atoms with Gasteiger partial charge in [0, 0.05) is 18.2 Å². The largest absolute Gasteiger partial charge is 0.497 e. The minimum atomic E-state index is 0.143. The van der Waals surface area contributed by atoms with Gasteiger partial charge in [-0.2, -0.15) is 4.68 Å². The van der Waals surface area contributed by atoms with Crippen LogP contribution in [0.5, 0.6) is 5.75 Å². The number of tetrazole rings is 1. The molecule has 2 aromatic rings. The van der Waals surface area contributed by atoms with Crippen LogP contribution < -0.4 is 4.74 Å². The highest BCUT2D eigenvalue weighted by atomic mass is 32.2. The van der Waals surface area contributed by atoms with Gasteiger partial charge >= 0.3 is 0 Å². The summed E-state index contributed by atoms with van der Waals surface area (Å²) in [5, 5.41) is 12.4. The summed E-state index contributed by atoms with van der Waals surface area (Å²) in [6, 6.07) is 8.10. The van der Waals surface area contributed by atoms with Crippen molar-refractivity contribution in [1.82, 2.24) is 25.1 Å². The summed E-state index contributed by atoms with van der Waals surface area (Å²) in [6.45, 7) is 4.25. The van der Waals surface area contributed by atoms with Gasteiger partial charge in [0.2, 0.25) is 11.1 Å². The SMILES string of the molecule is COc1cccc(-n2nnnc2SCC(=O)N2[C@@H](C)CCC[C@@H]2C)c1. The van der Waals surface area contributed by atoms with Crippen LogP contribution in [0.2, 0.25) is 0 Å². The van der Waals surface area contributed by atoms with Gasteiger partial charge in [-0.15, -0.1) is 5.10 Å². The zero-order valence-electron chi connectivity index (χ0n) is 14.8. The first-order valence-electron chi connectivity index (χ1n) is 8.47. The van der Waals surface area contributed by atoms with Crippen LogP contribution in [0.4, 0.5) is 0 Å². The molecular weight excluding hydrogens is 338 g/mol. The third-order valence-corrected chi connectivity index (χ3v) is 5.45. The molecule has 2 atom stereocenters. The molecule has 134 valence electrons. The molecule has 1 amide bonds. The van der Waals surface area contributed by atoms with Gasteiger partial charge < -0.3 is 9.64 Å². The second-order valence-electron chi connectivity index (χ2n) is 6.29. The Morgan fingerprint density at radius 2 is 2.08 bits per heavy atom. The number of methoxy groups -OCH3 is 1. The van der Waals surface area contributed by atoms with Gasteiger partial charge in [-0.1, -0.05) is 17.8 Å². The fourth-order valence-corrected chi connectivity index (χ4v) is 4.05. The monoisotopic (exact) mass is 361 g/mol. The second-order valence-corrected chi connectivity index (χ2v) is 7.24. The van der Waals surface area contributed by atoms with Crippen molar-refractivity contribution in [3.8, 4) is 11.4 Å². The number of nitrogens with zero attached hydrogens (tertiary/aromatic N) is 5. The standard InChI is InChI=1S/C17H23N5O2S/c1-12-6-4-7-13(2)21(12)16(23)11-25-17-18-19-20-22(17)14-8-5-9-15(10-14)24-3/h5,8-10,12-13H,4,6-7,11H2,1-3H3/t12-,13-/m0/s1. The molecule has 2 heterocycles. The number of carbonyl (C=O) groups is 1. The first kappa shape index (κ1) is 17.7. The molecule has 0 unspecified atom stereocenters. The number of thioether (sulfide) groups is 1. The van der Waals surface area contributed by atoms with E-state index in [2.05, 4.69) is 29.4 Å². The predicted molar refractivity (Wildman–Crippen MR) is 96.1 cm³/mol. The molecule has 1 aromatic carbocycles. The highest BCUT2D eigenvalue weighted by molar-refractivity contribution is 7.99. The number of piperidine rings is 1. The summed E-state index contributed by atoms with van der Waals surface area (Å²) in [5.41, 5.74) is 0.805. The molecule has 1 aromatic heterocycles. The van der Waals surface area contributed by atoms with Crippen molar-refractivity contribution in [2.45, 2.75) is 50.4 Å². The average molecular weight is 361 g/mol. The van der Waals surface area contributed by atoms with Gasteiger partial charge in [-0.3, -0.25) is 4.79 Å². The Morgan fingerprint density at radius 1 is 1.32 bits per heavy atom. The number of carbonyl (C=O) groups excluding carboxylic acids is 1. The van der Waals surface area contributed by atoms with Crippen molar-refractivity contribution in [3.63, 3.8) is 0 Å². The van der Waals surface area contributed by atoms with E-state index in [0.29, 0.717) is 23.0 Å². The fraction of sp³-hybridized carbons (Fsp3) is 0.529. The highest BCUT2D eigenvalue weighted by Crippen LogP contribution is 2.25. The Bertz CT molecular complexity index is 725. The van der Waals surface area contributed by atoms with E-state index in [4.69, 9.17) is 4.74 Å². The van der Waals surface area contributed by atoms with Crippen LogP contribution in [0.25, 0.3) is 5.69 Å². The predicted octanol–water partition coefficient (Wildman–Crippen LogP) is 2.55. The molecule has 0 aliphatic carbocycles. The van der Waals surface area contributed by atoms with Crippen LogP contribution in [0.3, 0.4) is 0 Å². The normalized spacial score (nSPS) is 20.5. The molecule has 1 aliphatic heterocycles. The summed E-state index contributed by atoms with van der Waals surface area (Å²) in [7, 11) is 1.62. The molecule has 7 nitrogen and oxygen atoms in total. The van der Waals surface area contributed by atoms with E-state index in [1.807, 2.05) is 29.2 Å². The number of benzene rings is 1. The maximum absolute atomic E-state index is 12.7. The molecule has 25 heavy (non-hydrogen) atoms. The molecule has 1 aliphatic rings. The lowest BCUT2D eigenvalue weighted by atomic mass is 9.98. The number of hydrogen-bond donors (Lipinski definition) is 0. The fourth-order valence-electron chi connectivity index (χ4n) is 3.29. The smallest absolute Gasteiger partial charge is 0.233 e. The molecule has 0 radical (unpaired) electrons. The van der Waals surface area contributed by atoms with Crippen LogP contribution >= 0.6 is 11.8 Å². The third-order valence-electron chi connectivity index (χ3n) is 4.55. The van der Waals surface area contributed by atoms with Crippen LogP contribution in [-0.2, 0) is 4.79 Å². The molecular formula is C17H23N5O2S. The van der Waals surface area contributed by atoms with Gasteiger partial charge in [-0.25, -0.2) is 0 Å². The van der Waals surface area contributed by atoms with Crippen LogP contribution in [0.1, 0.15) is 33.1 Å². The Kier molecular flexibility index (Phi) is 5.57. The topological polar surface area (TPSA) is 73.1 Å². The maximum atomic E-state index is 12.7. The lowest BCUT2D eigenvalue weighted by molar-refractivity contribution is -0.134. The van der Waals surface area contributed by atoms with E-state index in [-0.39, 0.29) is 5.91 Å². The minimum Gasteiger partial charge on any atom is -0.497 e. The summed E-state index contributed by atoms with van der Waals surface area (Å²) in [4.78, 5) is 14.7. The van der Waals surface area contributed by atoms with Gasteiger partial charge in [0.05, 0.1) is 18.6 Å². The lowest BCUT2D eigenvalue weighted by Crippen LogP contribution is -2.48. The third kappa shape index (κ3) is 3.95. The zero-order chi connectivity index (χ0) is 17.8. The second kappa shape index (κ2) is 7.86. The van der Waals surface area contributed by atoms with Crippen molar-refractivity contribution in [2.75, 3.05) is 12.9 Å². The van der Waals surface area contributed by atoms with Crippen LogP contribution in [0, 0.1) is 0 Å². The summed E-state index contributed by atoms with van der Waals surface area (Å²) in [6.07, 6.45) is 3.33. The summed E-state index contributed by atoms with van der Waals surface area (Å²) >= 11 is 1.36. The van der Waals surface area contributed by atoms with E-state index in [0.717, 1.165) is 24.3 Å². The van der Waals surface area contributed by atoms with Crippen molar-refractivity contribution in [3.05, 3.63) is 24.3 Å². The maximum Gasteiger partial charge on any atom is 0.233 e. The van der Waals surface area contributed by atoms with Crippen molar-refractivity contribution in [1.29, 1.82) is 0 Å². The van der Waals surface area contributed by atoms with Gasteiger partial charge in [0.25, 0.3) is 0 Å². The van der Waals surface area contributed by atoms with E-state index in [1.165, 1.54) is 18.2 Å². The molecule has 0 N–H and O–H groups in total. The van der Waals surface area contributed by atoms with E-state index >= 15 is 0 Å². The molecule has 0 bridgehead atoms. The molecule has 8 heteroatoms. The zero-order valence-corrected chi connectivity index (χ0v) is 15.6. The highest BCUT2D eigenvalue weighted by Gasteiger charge is 2.29. The molecule has 0 spiro atoms. The first-order chi connectivity index (χ1) is 12.1. The lowest BCUT2D eigenvalue weighted by Gasteiger charge is -2.39. The number of hydrogen-bond acceptors (Lipinski definition) is 6. The van der Waals surface area contributed by atoms with Crippen LogP contribution in [0.15, 0.2) is 29.4 Å². The van der Waals surface area contributed by atoms with Crippen molar-refractivity contribution in [2.24, 2.45) is 0 Å². The summed E-state index contributed by atoms with van der Waals surface area (Å²) in [5.74, 6) is 1.21. The summed E-state index contributed by atoms with van der Waals surface area (Å²) < 4.78 is 6.87. The van der Waals surface area contributed by atoms with E-state index in [1.54, 1.807) is 11.8 Å². The minimum absolute atomic E-state index is 0.143. The Labute approximate surface area is 151 Å². The van der Waals surface area contributed by atoms with Gasteiger partial charge in [0.1, 0.15) is 5.75 Å². The van der Waals surface area contributed by atoms with Gasteiger partial charge in [0.15, 0.2) is 0 Å². The quantitative estimate of drug-likeness (QED) is 0.762. The Hall–Kier alpha value is -2.09. The number of likely N-dealkylation sites (tertiary alicyclic amines) is 1. The van der Waals surface area contributed by atoms with Crippen LogP contribution in [-0.4, -0.2) is 56.0 Å². The molecule has 3 rings (SSSR count).